The van der Waals surface area contributed by atoms with Gasteiger partial charge in [-0.25, -0.2) is 5.57 Å². The van der Waals surface area contributed by atoms with Gasteiger partial charge in [0.1, 0.15) is 0 Å². The summed E-state index contributed by atoms with van der Waals surface area (Å²) in [7, 11) is 0. The van der Waals surface area contributed by atoms with E-state index in [-0.39, 0.29) is 5.43 Å². The molecule has 3 aromatic rings. The summed E-state index contributed by atoms with van der Waals surface area (Å²) in [6.07, 6.45) is 3.36. The second-order valence-electron chi connectivity index (χ2n) is 8.22. The molecule has 0 amide bonds. The minimum absolute atomic E-state index is 0.210. The van der Waals surface area contributed by atoms with Crippen LogP contribution in [0.15, 0.2) is 65.3 Å². The van der Waals surface area contributed by atoms with Gasteiger partial charge in [-0.15, -0.1) is 46.5 Å². The van der Waals surface area contributed by atoms with E-state index < -0.39 is 0 Å². The number of benzene rings is 2. The van der Waals surface area contributed by atoms with Crippen LogP contribution < -0.4 is 0 Å². The van der Waals surface area contributed by atoms with Crippen molar-refractivity contribution in [2.45, 2.75) is 47.7 Å². The van der Waals surface area contributed by atoms with Crippen molar-refractivity contribution in [2.24, 2.45) is 5.92 Å². The van der Waals surface area contributed by atoms with Crippen LogP contribution in [0.5, 0.6) is 0 Å². The topological polar surface area (TPSA) is 0 Å². The molecule has 4 rings (SSSR count). The van der Waals surface area contributed by atoms with Gasteiger partial charge >= 0.3 is 41.9 Å². The van der Waals surface area contributed by atoms with Gasteiger partial charge in [0.2, 0.25) is 0 Å². The molecule has 31 heavy (non-hydrogen) atoms. The second-order valence-corrected chi connectivity index (χ2v) is 18.4. The summed E-state index contributed by atoms with van der Waals surface area (Å²) >= 11 is 14.1. The van der Waals surface area contributed by atoms with Gasteiger partial charge in [-0.1, -0.05) is 93.2 Å². The Morgan fingerprint density at radius 1 is 1.00 bits per heavy atom. The molecule has 4 heteroatoms. The summed E-state index contributed by atoms with van der Waals surface area (Å²) in [5.41, 5.74) is 8.09. The van der Waals surface area contributed by atoms with Gasteiger partial charge in [0, 0.05) is 5.02 Å². The fraction of sp³-hybridized carbons (Fsp3) is 0.296. The van der Waals surface area contributed by atoms with E-state index in [0.717, 1.165) is 10.8 Å². The van der Waals surface area contributed by atoms with E-state index in [2.05, 4.69) is 72.0 Å². The third-order valence-corrected chi connectivity index (χ3v) is 5.95. The maximum Gasteiger partial charge on any atom is 0.0235 e. The molecule has 0 nitrogen and oxygen atoms in total. The van der Waals surface area contributed by atoms with Crippen molar-refractivity contribution in [1.29, 1.82) is 0 Å². The van der Waals surface area contributed by atoms with Crippen molar-refractivity contribution >= 4 is 39.4 Å². The zero-order valence-corrected chi connectivity index (χ0v) is 24.4. The van der Waals surface area contributed by atoms with Crippen molar-refractivity contribution in [3.63, 3.8) is 0 Å². The van der Waals surface area contributed by atoms with E-state index in [1.165, 1.54) is 33.4 Å². The van der Waals surface area contributed by atoms with E-state index in [4.69, 9.17) is 23.2 Å². The SMILES string of the molecule is CC1=[C-]C(C)C(C)=C1C.C[Si](C)=[Zr+2].Cc1[cH-]c2c(Cl)cc(Cl)cc2c1-c1ccccc1. The maximum atomic E-state index is 6.25. The molecule has 3 aromatic carbocycles. The third kappa shape index (κ3) is 7.10. The smallest absolute Gasteiger partial charge is 0.0235 e. The normalized spacial score (nSPS) is 15.2. The van der Waals surface area contributed by atoms with Gasteiger partial charge in [-0.05, 0) is 5.02 Å². The van der Waals surface area contributed by atoms with E-state index in [0.29, 0.717) is 16.0 Å². The Kier molecular flexibility index (Phi) is 10.2. The average molecular weight is 545 g/mol. The summed E-state index contributed by atoms with van der Waals surface area (Å²) < 4.78 is 0. The monoisotopic (exact) mass is 542 g/mol. The Balaban J connectivity index is 0.000000220. The molecule has 1 atom stereocenters. The molecule has 0 bridgehead atoms. The number of hydrogen-bond acceptors (Lipinski definition) is 0. The number of allylic oxidation sites excluding steroid dienone is 4. The Hall–Kier alpha value is -0.790. The molecule has 1 aliphatic rings. The van der Waals surface area contributed by atoms with Crippen LogP contribution in [0.2, 0.25) is 23.1 Å². The van der Waals surface area contributed by atoms with Crippen LogP contribution in [0, 0.1) is 18.9 Å². The first-order valence-electron chi connectivity index (χ1n) is 10.4. The van der Waals surface area contributed by atoms with Crippen molar-refractivity contribution < 1.29 is 23.3 Å². The van der Waals surface area contributed by atoms with Crippen LogP contribution in [0.3, 0.4) is 0 Å². The number of rotatable bonds is 1. The molecule has 0 saturated heterocycles. The van der Waals surface area contributed by atoms with Crippen molar-refractivity contribution in [2.75, 3.05) is 0 Å². The number of hydrogen-bond donors (Lipinski definition) is 0. The Labute approximate surface area is 213 Å². The zero-order valence-electron chi connectivity index (χ0n) is 19.5. The number of halogens is 2. The van der Waals surface area contributed by atoms with Gasteiger partial charge in [-0.2, -0.15) is 11.1 Å². The van der Waals surface area contributed by atoms with Gasteiger partial charge in [0.15, 0.2) is 0 Å². The van der Waals surface area contributed by atoms with E-state index in [1.54, 1.807) is 29.4 Å². The van der Waals surface area contributed by atoms with Crippen LogP contribution in [-0.4, -0.2) is 5.43 Å². The van der Waals surface area contributed by atoms with E-state index in [9.17, 15) is 0 Å². The molecule has 0 radical (unpaired) electrons. The average Bonchev–Trinajstić information content (AvgIpc) is 3.13. The molecule has 0 N–H and O–H groups in total. The summed E-state index contributed by atoms with van der Waals surface area (Å²) in [6, 6.07) is 16.2. The minimum Gasteiger partial charge on any atom is -0.146 e. The first-order chi connectivity index (χ1) is 14.5. The molecule has 0 heterocycles. The summed E-state index contributed by atoms with van der Waals surface area (Å²) in [4.78, 5) is 0. The molecule has 0 spiro atoms. The fourth-order valence-electron chi connectivity index (χ4n) is 3.59. The quantitative estimate of drug-likeness (QED) is 0.211. The Bertz CT molecular complexity index is 1130. The molecule has 1 aliphatic carbocycles. The first kappa shape index (κ1) is 26.5. The van der Waals surface area contributed by atoms with Gasteiger partial charge in [0.05, 0.1) is 0 Å². The third-order valence-electron chi connectivity index (χ3n) is 5.42. The fourth-order valence-corrected chi connectivity index (χ4v) is 4.14. The Morgan fingerprint density at radius 3 is 2.03 bits per heavy atom. The molecule has 160 valence electrons. The summed E-state index contributed by atoms with van der Waals surface area (Å²) in [5, 5.41) is 3.58. The molecule has 1 unspecified atom stereocenters. The molecular weight excluding hydrogens is 515 g/mol. The van der Waals surface area contributed by atoms with Crippen molar-refractivity contribution in [1.82, 2.24) is 0 Å². The van der Waals surface area contributed by atoms with Crippen LogP contribution in [0.1, 0.15) is 33.3 Å². The van der Waals surface area contributed by atoms with Crippen LogP contribution >= 0.6 is 23.2 Å². The number of fused-ring (bicyclic) bond motifs is 1. The van der Waals surface area contributed by atoms with Crippen LogP contribution in [0.25, 0.3) is 21.9 Å². The predicted octanol–water partition coefficient (Wildman–Crippen LogP) is 9.35. The van der Waals surface area contributed by atoms with Gasteiger partial charge in [0.25, 0.3) is 0 Å². The number of aryl methyl sites for hydroxylation is 1. The molecular formula is C27H30Cl2SiZr. The summed E-state index contributed by atoms with van der Waals surface area (Å²) in [6.45, 7) is 15.4. The maximum absolute atomic E-state index is 6.25. The molecule has 0 aromatic heterocycles. The first-order valence-corrected chi connectivity index (χ1v) is 17.4. The second kappa shape index (κ2) is 11.9. The molecule has 0 fully saturated rings. The predicted molar refractivity (Wildman–Crippen MR) is 137 cm³/mol. The Morgan fingerprint density at radius 2 is 1.58 bits per heavy atom. The molecule has 0 saturated carbocycles. The van der Waals surface area contributed by atoms with Gasteiger partial charge in [-0.3, -0.25) is 6.08 Å². The minimum atomic E-state index is 0.210. The van der Waals surface area contributed by atoms with Crippen molar-refractivity contribution in [3.05, 3.63) is 86.9 Å². The molecule has 0 aliphatic heterocycles. The standard InChI is InChI=1S/C16H11Cl2.C9H13.C2H6Si.Zr/c1-10-7-13-14(8-12(17)9-15(13)18)16(10)11-5-3-2-4-6-11;1-6-5-7(2)9(4)8(6)3;1-3-2;/h2-9H,1H3;6H,1-4H3;1-2H3;/q2*-1;;+2. The van der Waals surface area contributed by atoms with Crippen LogP contribution in [0.4, 0.5) is 0 Å². The van der Waals surface area contributed by atoms with Gasteiger partial charge < -0.3 is 0 Å². The van der Waals surface area contributed by atoms with Crippen LogP contribution in [-0.2, 0) is 23.3 Å². The van der Waals surface area contributed by atoms with Crippen molar-refractivity contribution in [3.8, 4) is 11.1 Å². The largest absolute Gasteiger partial charge is 0.146 e. The summed E-state index contributed by atoms with van der Waals surface area (Å²) in [5.74, 6) is 0.560. The van der Waals surface area contributed by atoms with E-state index in [1.807, 2.05) is 24.3 Å². The van der Waals surface area contributed by atoms with E-state index >= 15 is 0 Å². The zero-order chi connectivity index (χ0) is 23.3.